The van der Waals surface area contributed by atoms with Crippen molar-refractivity contribution in [3.63, 3.8) is 0 Å². The van der Waals surface area contributed by atoms with Crippen LogP contribution in [0.3, 0.4) is 0 Å². The maximum atomic E-state index is 11.6. The second-order valence-corrected chi connectivity index (χ2v) is 5.30. The third-order valence-electron chi connectivity index (χ3n) is 2.70. The molecular formula is C13H21IN4OS. The van der Waals surface area contributed by atoms with Crippen LogP contribution in [0.15, 0.2) is 21.8 Å². The van der Waals surface area contributed by atoms with E-state index in [1.807, 2.05) is 12.3 Å². The van der Waals surface area contributed by atoms with Crippen LogP contribution in [0.4, 0.5) is 0 Å². The molecule has 1 fully saturated rings. The number of thiophene rings is 1. The van der Waals surface area contributed by atoms with Gasteiger partial charge in [0.15, 0.2) is 5.96 Å². The van der Waals surface area contributed by atoms with Gasteiger partial charge in [0.1, 0.15) is 0 Å². The fraction of sp³-hybridized carbons (Fsp3) is 0.538. The zero-order valence-electron chi connectivity index (χ0n) is 11.5. The minimum atomic E-state index is 0. The van der Waals surface area contributed by atoms with Crippen LogP contribution in [0.25, 0.3) is 0 Å². The quantitative estimate of drug-likeness (QED) is 0.382. The summed E-state index contributed by atoms with van der Waals surface area (Å²) in [7, 11) is 0. The molecule has 0 radical (unpaired) electrons. The molecule has 0 aliphatic heterocycles. The first-order valence-electron chi connectivity index (χ1n) is 6.60. The van der Waals surface area contributed by atoms with Crippen molar-refractivity contribution >= 4 is 47.2 Å². The molecule has 0 spiro atoms. The second kappa shape index (κ2) is 9.17. The van der Waals surface area contributed by atoms with E-state index in [2.05, 4.69) is 32.4 Å². The van der Waals surface area contributed by atoms with Gasteiger partial charge in [-0.15, -0.1) is 24.0 Å². The van der Waals surface area contributed by atoms with Gasteiger partial charge in [0.05, 0.1) is 13.1 Å². The van der Waals surface area contributed by atoms with Crippen molar-refractivity contribution in [2.24, 2.45) is 4.99 Å². The first kappa shape index (κ1) is 17.2. The van der Waals surface area contributed by atoms with Crippen molar-refractivity contribution in [2.45, 2.75) is 32.4 Å². The Morgan fingerprint density at radius 1 is 1.45 bits per heavy atom. The molecule has 112 valence electrons. The first-order valence-corrected chi connectivity index (χ1v) is 7.55. The summed E-state index contributed by atoms with van der Waals surface area (Å²) in [5.41, 5.74) is 1.18. The van der Waals surface area contributed by atoms with E-state index < -0.39 is 0 Å². The number of rotatable bonds is 6. The normalized spacial score (nSPS) is 14.3. The van der Waals surface area contributed by atoms with Gasteiger partial charge < -0.3 is 16.0 Å². The number of guanidine groups is 1. The van der Waals surface area contributed by atoms with E-state index in [0.717, 1.165) is 19.4 Å². The Labute approximate surface area is 140 Å². The van der Waals surface area contributed by atoms with Gasteiger partial charge in [-0.3, -0.25) is 4.79 Å². The Bertz CT molecular complexity index is 432. The molecule has 1 aliphatic carbocycles. The summed E-state index contributed by atoms with van der Waals surface area (Å²) in [6.45, 7) is 3.68. The molecule has 1 aliphatic rings. The molecule has 20 heavy (non-hydrogen) atoms. The average molecular weight is 408 g/mol. The molecule has 1 heterocycles. The maximum absolute atomic E-state index is 11.6. The van der Waals surface area contributed by atoms with E-state index in [9.17, 15) is 4.79 Å². The topological polar surface area (TPSA) is 65.5 Å². The van der Waals surface area contributed by atoms with Crippen LogP contribution < -0.4 is 16.0 Å². The number of nitrogens with one attached hydrogen (secondary N) is 3. The lowest BCUT2D eigenvalue weighted by atomic mass is 10.3. The van der Waals surface area contributed by atoms with E-state index in [0.29, 0.717) is 18.5 Å². The van der Waals surface area contributed by atoms with Crippen LogP contribution in [-0.4, -0.2) is 31.0 Å². The summed E-state index contributed by atoms with van der Waals surface area (Å²) < 4.78 is 0. The largest absolute Gasteiger partial charge is 0.357 e. The molecule has 1 saturated carbocycles. The summed E-state index contributed by atoms with van der Waals surface area (Å²) >= 11 is 1.66. The maximum Gasteiger partial charge on any atom is 0.239 e. The Balaban J connectivity index is 0.00000200. The van der Waals surface area contributed by atoms with Crippen molar-refractivity contribution in [3.05, 3.63) is 22.4 Å². The minimum Gasteiger partial charge on any atom is -0.357 e. The van der Waals surface area contributed by atoms with E-state index in [1.54, 1.807) is 11.3 Å². The fourth-order valence-electron chi connectivity index (χ4n) is 1.57. The third-order valence-corrected chi connectivity index (χ3v) is 3.43. The highest BCUT2D eigenvalue weighted by molar-refractivity contribution is 14.0. The lowest BCUT2D eigenvalue weighted by Crippen LogP contribution is -2.43. The standard InChI is InChI=1S/C13H20N4OS.HI/c1-2-14-13(15-7-10-5-6-19-9-10)16-8-12(18)17-11-3-4-11;/h5-6,9,11H,2-4,7-8H2,1H3,(H,17,18)(H2,14,15,16);1H. The SMILES string of the molecule is CCNC(=NCc1ccsc1)NCC(=O)NC1CC1.I. The number of hydrogen-bond donors (Lipinski definition) is 3. The molecule has 0 saturated heterocycles. The number of hydrogen-bond acceptors (Lipinski definition) is 3. The summed E-state index contributed by atoms with van der Waals surface area (Å²) in [6, 6.07) is 2.46. The monoisotopic (exact) mass is 408 g/mol. The van der Waals surface area contributed by atoms with Crippen molar-refractivity contribution in [3.8, 4) is 0 Å². The van der Waals surface area contributed by atoms with Crippen LogP contribution in [0.2, 0.25) is 0 Å². The second-order valence-electron chi connectivity index (χ2n) is 4.52. The Morgan fingerprint density at radius 3 is 2.85 bits per heavy atom. The molecule has 3 N–H and O–H groups in total. The molecule has 5 nitrogen and oxygen atoms in total. The molecule has 2 rings (SSSR count). The van der Waals surface area contributed by atoms with Crippen molar-refractivity contribution in [2.75, 3.05) is 13.1 Å². The summed E-state index contributed by atoms with van der Waals surface area (Å²) in [5.74, 6) is 0.711. The van der Waals surface area contributed by atoms with Gasteiger partial charge in [-0.1, -0.05) is 0 Å². The highest BCUT2D eigenvalue weighted by atomic mass is 127. The molecule has 0 unspecified atom stereocenters. The van der Waals surface area contributed by atoms with Crippen LogP contribution in [0.5, 0.6) is 0 Å². The van der Waals surface area contributed by atoms with Gasteiger partial charge in [-0.2, -0.15) is 11.3 Å². The number of halogens is 1. The highest BCUT2D eigenvalue weighted by Gasteiger charge is 2.22. The van der Waals surface area contributed by atoms with Gasteiger partial charge in [0, 0.05) is 12.6 Å². The average Bonchev–Trinajstić information content (AvgIpc) is 3.05. The Morgan fingerprint density at radius 2 is 2.25 bits per heavy atom. The van der Waals surface area contributed by atoms with Gasteiger partial charge in [0.25, 0.3) is 0 Å². The number of amides is 1. The minimum absolute atomic E-state index is 0. The summed E-state index contributed by atoms with van der Waals surface area (Å²) in [5, 5.41) is 13.2. The third kappa shape index (κ3) is 6.56. The van der Waals surface area contributed by atoms with Crippen LogP contribution in [-0.2, 0) is 11.3 Å². The number of nitrogens with zero attached hydrogens (tertiary/aromatic N) is 1. The lowest BCUT2D eigenvalue weighted by Gasteiger charge is -2.11. The summed E-state index contributed by atoms with van der Waals surface area (Å²) in [4.78, 5) is 16.0. The molecule has 7 heteroatoms. The van der Waals surface area contributed by atoms with Gasteiger partial charge in [-0.25, -0.2) is 4.99 Å². The molecule has 0 atom stereocenters. The van der Waals surface area contributed by atoms with Gasteiger partial charge in [-0.05, 0) is 42.2 Å². The lowest BCUT2D eigenvalue weighted by molar-refractivity contribution is -0.120. The number of carbonyl (C=O) groups excluding carboxylic acids is 1. The summed E-state index contributed by atoms with van der Waals surface area (Å²) in [6.07, 6.45) is 2.22. The van der Waals surface area contributed by atoms with Crippen LogP contribution >= 0.6 is 35.3 Å². The highest BCUT2D eigenvalue weighted by Crippen LogP contribution is 2.18. The first-order chi connectivity index (χ1) is 9.28. The molecule has 1 amide bonds. The van der Waals surface area contributed by atoms with Crippen molar-refractivity contribution < 1.29 is 4.79 Å². The molecule has 1 aromatic rings. The fourth-order valence-corrected chi connectivity index (χ4v) is 2.22. The van der Waals surface area contributed by atoms with Crippen molar-refractivity contribution in [1.82, 2.24) is 16.0 Å². The van der Waals surface area contributed by atoms with Crippen molar-refractivity contribution in [1.29, 1.82) is 0 Å². The predicted octanol–water partition coefficient (Wildman–Crippen LogP) is 1.70. The molecule has 0 bridgehead atoms. The Kier molecular flexibility index (Phi) is 7.90. The molecular weight excluding hydrogens is 387 g/mol. The van der Waals surface area contributed by atoms with E-state index in [1.165, 1.54) is 5.56 Å². The smallest absolute Gasteiger partial charge is 0.239 e. The number of carbonyl (C=O) groups is 1. The Hall–Kier alpha value is -0.830. The predicted molar refractivity (Wildman–Crippen MR) is 93.7 cm³/mol. The molecule has 0 aromatic carbocycles. The van der Waals surface area contributed by atoms with Crippen LogP contribution in [0, 0.1) is 0 Å². The van der Waals surface area contributed by atoms with Gasteiger partial charge in [0.2, 0.25) is 5.91 Å². The molecule has 1 aromatic heterocycles. The zero-order chi connectivity index (χ0) is 13.5. The zero-order valence-corrected chi connectivity index (χ0v) is 14.7. The van der Waals surface area contributed by atoms with E-state index in [-0.39, 0.29) is 36.4 Å². The van der Waals surface area contributed by atoms with E-state index in [4.69, 9.17) is 0 Å². The van der Waals surface area contributed by atoms with E-state index >= 15 is 0 Å². The van der Waals surface area contributed by atoms with Gasteiger partial charge >= 0.3 is 0 Å². The number of aliphatic imine (C=N–C) groups is 1. The van der Waals surface area contributed by atoms with Crippen LogP contribution in [0.1, 0.15) is 25.3 Å².